The Bertz CT molecular complexity index is 533. The van der Waals surface area contributed by atoms with Crippen molar-refractivity contribution >= 4 is 6.09 Å². The number of amides is 1. The fourth-order valence-corrected chi connectivity index (χ4v) is 1.90. The monoisotopic (exact) mass is 273 g/mol. The van der Waals surface area contributed by atoms with Crippen LogP contribution >= 0.6 is 0 Å². The van der Waals surface area contributed by atoms with Gasteiger partial charge in [0, 0.05) is 11.6 Å². The number of ether oxygens (including phenoxy) is 1. The molecule has 102 valence electrons. The second kappa shape index (κ2) is 5.21. The van der Waals surface area contributed by atoms with Crippen molar-refractivity contribution < 1.29 is 27.8 Å². The van der Waals surface area contributed by atoms with Crippen LogP contribution in [0.3, 0.4) is 0 Å². The molecule has 0 unspecified atom stereocenters. The Morgan fingerprint density at radius 2 is 1.95 bits per heavy atom. The summed E-state index contributed by atoms with van der Waals surface area (Å²) in [5.74, 6) is -3.52. The lowest BCUT2D eigenvalue weighted by atomic mass is 9.97. The van der Waals surface area contributed by atoms with E-state index in [0.717, 1.165) is 0 Å². The van der Waals surface area contributed by atoms with Crippen LogP contribution in [0.5, 0.6) is 0 Å². The Labute approximate surface area is 106 Å². The van der Waals surface area contributed by atoms with Gasteiger partial charge in [-0.05, 0) is 18.6 Å². The highest BCUT2D eigenvalue weighted by atomic mass is 19.2. The van der Waals surface area contributed by atoms with Crippen molar-refractivity contribution in [1.29, 1.82) is 0 Å². The first-order valence-electron chi connectivity index (χ1n) is 5.43. The van der Waals surface area contributed by atoms with E-state index < -0.39 is 35.7 Å². The summed E-state index contributed by atoms with van der Waals surface area (Å²) >= 11 is 0. The van der Waals surface area contributed by atoms with Crippen LogP contribution in [0.2, 0.25) is 0 Å². The van der Waals surface area contributed by atoms with Gasteiger partial charge in [0.15, 0.2) is 11.6 Å². The van der Waals surface area contributed by atoms with Gasteiger partial charge in [-0.25, -0.2) is 18.0 Å². The normalized spacial score (nSPS) is 21.8. The van der Waals surface area contributed by atoms with Crippen LogP contribution in [0, 0.1) is 17.5 Å². The number of carboxylic acid groups (broad SMARTS) is 1. The zero-order valence-corrected chi connectivity index (χ0v) is 9.57. The van der Waals surface area contributed by atoms with Gasteiger partial charge in [-0.2, -0.15) is 0 Å². The Morgan fingerprint density at radius 1 is 1.26 bits per heavy atom. The molecule has 19 heavy (non-hydrogen) atoms. The van der Waals surface area contributed by atoms with E-state index in [1.165, 1.54) is 6.26 Å². The standard InChI is InChI=1S/C12H10F3NO3/c13-7-5-9(15)8(14)4-6(7)11-10(16-12(17)18)2-1-3-19-11/h1,3-5,10-11,16H,2H2,(H,17,18)/t10-,11+/m0/s1. The fraction of sp³-hybridized carbons (Fsp3) is 0.250. The van der Waals surface area contributed by atoms with Crippen molar-refractivity contribution in [3.8, 4) is 0 Å². The van der Waals surface area contributed by atoms with Crippen molar-refractivity contribution in [1.82, 2.24) is 5.32 Å². The van der Waals surface area contributed by atoms with Gasteiger partial charge in [-0.3, -0.25) is 0 Å². The summed E-state index contributed by atoms with van der Waals surface area (Å²) in [6.45, 7) is 0. The third kappa shape index (κ3) is 2.81. The molecule has 1 heterocycles. The molecule has 7 heteroatoms. The summed E-state index contributed by atoms with van der Waals surface area (Å²) in [7, 11) is 0. The smallest absolute Gasteiger partial charge is 0.405 e. The summed E-state index contributed by atoms with van der Waals surface area (Å²) < 4.78 is 44.8. The molecule has 0 aromatic heterocycles. The molecule has 0 radical (unpaired) electrons. The lowest BCUT2D eigenvalue weighted by molar-refractivity contribution is 0.0847. The predicted octanol–water partition coefficient (Wildman–Crippen LogP) is 2.72. The van der Waals surface area contributed by atoms with E-state index in [2.05, 4.69) is 5.32 Å². The molecule has 0 saturated carbocycles. The summed E-state index contributed by atoms with van der Waals surface area (Å²) in [5, 5.41) is 10.8. The Kier molecular flexibility index (Phi) is 3.64. The number of nitrogens with one attached hydrogen (secondary N) is 1. The zero-order valence-electron chi connectivity index (χ0n) is 9.57. The number of rotatable bonds is 2. The fourth-order valence-electron chi connectivity index (χ4n) is 1.90. The molecule has 1 aromatic carbocycles. The zero-order chi connectivity index (χ0) is 14.0. The molecule has 0 spiro atoms. The molecule has 0 aliphatic carbocycles. The van der Waals surface area contributed by atoms with Crippen molar-refractivity contribution in [2.45, 2.75) is 18.6 Å². The number of hydrogen-bond acceptors (Lipinski definition) is 2. The van der Waals surface area contributed by atoms with E-state index in [1.54, 1.807) is 6.08 Å². The SMILES string of the molecule is O=C(O)N[C@H]1CC=CO[C@@H]1c1cc(F)c(F)cc1F. The number of carbonyl (C=O) groups is 1. The van der Waals surface area contributed by atoms with E-state index in [9.17, 15) is 18.0 Å². The second-order valence-electron chi connectivity index (χ2n) is 4.01. The molecular weight excluding hydrogens is 263 g/mol. The lowest BCUT2D eigenvalue weighted by Crippen LogP contribution is -2.40. The van der Waals surface area contributed by atoms with Crippen LogP contribution in [0.15, 0.2) is 24.5 Å². The first-order valence-corrected chi connectivity index (χ1v) is 5.43. The highest BCUT2D eigenvalue weighted by Gasteiger charge is 2.30. The highest BCUT2D eigenvalue weighted by Crippen LogP contribution is 2.30. The number of hydrogen-bond donors (Lipinski definition) is 2. The van der Waals surface area contributed by atoms with Crippen molar-refractivity contribution in [2.24, 2.45) is 0 Å². The maximum absolute atomic E-state index is 13.6. The third-order valence-corrected chi connectivity index (χ3v) is 2.73. The van der Waals surface area contributed by atoms with Crippen LogP contribution in [-0.2, 0) is 4.74 Å². The molecule has 0 fully saturated rings. The van der Waals surface area contributed by atoms with E-state index in [0.29, 0.717) is 12.1 Å². The minimum absolute atomic E-state index is 0.234. The molecule has 2 atom stereocenters. The van der Waals surface area contributed by atoms with E-state index >= 15 is 0 Å². The maximum Gasteiger partial charge on any atom is 0.405 e. The molecular formula is C12H10F3NO3. The predicted molar refractivity (Wildman–Crippen MR) is 58.8 cm³/mol. The molecule has 0 bridgehead atoms. The Morgan fingerprint density at radius 3 is 2.63 bits per heavy atom. The molecule has 0 saturated heterocycles. The Balaban J connectivity index is 2.35. The quantitative estimate of drug-likeness (QED) is 0.814. The summed E-state index contributed by atoms with van der Waals surface area (Å²) in [6.07, 6.45) is 0.725. The van der Waals surface area contributed by atoms with Gasteiger partial charge < -0.3 is 15.2 Å². The average Bonchev–Trinajstić information content (AvgIpc) is 2.34. The van der Waals surface area contributed by atoms with Gasteiger partial charge in [-0.1, -0.05) is 0 Å². The topological polar surface area (TPSA) is 58.6 Å². The molecule has 2 N–H and O–H groups in total. The third-order valence-electron chi connectivity index (χ3n) is 2.73. The first kappa shape index (κ1) is 13.3. The largest absolute Gasteiger partial charge is 0.491 e. The molecule has 4 nitrogen and oxygen atoms in total. The molecule has 2 rings (SSSR count). The highest BCUT2D eigenvalue weighted by molar-refractivity contribution is 5.65. The van der Waals surface area contributed by atoms with Crippen LogP contribution < -0.4 is 5.32 Å². The summed E-state index contributed by atoms with van der Waals surface area (Å²) in [4.78, 5) is 10.6. The minimum atomic E-state index is -1.31. The maximum atomic E-state index is 13.6. The van der Waals surface area contributed by atoms with Gasteiger partial charge in [-0.15, -0.1) is 0 Å². The van der Waals surface area contributed by atoms with Gasteiger partial charge in [0.2, 0.25) is 0 Å². The lowest BCUT2D eigenvalue weighted by Gasteiger charge is -2.29. The van der Waals surface area contributed by atoms with Crippen molar-refractivity contribution in [3.63, 3.8) is 0 Å². The van der Waals surface area contributed by atoms with E-state index in [4.69, 9.17) is 9.84 Å². The first-order chi connectivity index (χ1) is 8.99. The van der Waals surface area contributed by atoms with Crippen LogP contribution in [-0.4, -0.2) is 17.2 Å². The molecule has 1 aliphatic rings. The molecule has 1 aliphatic heterocycles. The van der Waals surface area contributed by atoms with Crippen LogP contribution in [0.1, 0.15) is 18.1 Å². The van der Waals surface area contributed by atoms with Crippen molar-refractivity contribution in [2.75, 3.05) is 0 Å². The van der Waals surface area contributed by atoms with Gasteiger partial charge in [0.05, 0.1) is 12.3 Å². The molecule has 1 aromatic rings. The average molecular weight is 273 g/mol. The minimum Gasteiger partial charge on any atom is -0.491 e. The van der Waals surface area contributed by atoms with Gasteiger partial charge >= 0.3 is 6.09 Å². The van der Waals surface area contributed by atoms with Gasteiger partial charge in [0.1, 0.15) is 11.9 Å². The number of benzene rings is 1. The summed E-state index contributed by atoms with van der Waals surface area (Å²) in [5.41, 5.74) is -0.234. The second-order valence-corrected chi connectivity index (χ2v) is 4.01. The molecule has 1 amide bonds. The Hall–Kier alpha value is -2.18. The van der Waals surface area contributed by atoms with Gasteiger partial charge in [0.25, 0.3) is 0 Å². The summed E-state index contributed by atoms with van der Waals surface area (Å²) in [6, 6.07) is 0.303. The number of halogens is 3. The van der Waals surface area contributed by atoms with Crippen molar-refractivity contribution in [3.05, 3.63) is 47.5 Å². The van der Waals surface area contributed by atoms with Crippen LogP contribution in [0.25, 0.3) is 0 Å². The van der Waals surface area contributed by atoms with E-state index in [-0.39, 0.29) is 12.0 Å². The van der Waals surface area contributed by atoms with E-state index in [1.807, 2.05) is 0 Å². The van der Waals surface area contributed by atoms with Crippen LogP contribution in [0.4, 0.5) is 18.0 Å².